The van der Waals surface area contributed by atoms with Crippen molar-refractivity contribution in [2.45, 2.75) is 37.6 Å². The molecule has 1 atom stereocenters. The Kier molecular flexibility index (Phi) is 5.75. The molecule has 6 heteroatoms. The first kappa shape index (κ1) is 18.2. The molecule has 0 fully saturated rings. The SMILES string of the molecule is CC(NS(=O)(=O)c1ccccc1)C(=O)Nc1cccc(C(C)C)c1. The van der Waals surface area contributed by atoms with Crippen LogP contribution in [0.3, 0.4) is 0 Å². The van der Waals surface area contributed by atoms with E-state index in [0.717, 1.165) is 5.56 Å². The normalized spacial score (nSPS) is 12.8. The van der Waals surface area contributed by atoms with E-state index in [-0.39, 0.29) is 4.90 Å². The number of anilines is 1. The molecule has 0 heterocycles. The lowest BCUT2D eigenvalue weighted by atomic mass is 10.0. The Morgan fingerprint density at radius 3 is 2.25 bits per heavy atom. The van der Waals surface area contributed by atoms with E-state index in [9.17, 15) is 13.2 Å². The van der Waals surface area contributed by atoms with E-state index in [1.54, 1.807) is 24.3 Å². The molecule has 0 bridgehead atoms. The molecular formula is C18H22N2O3S. The average molecular weight is 346 g/mol. The summed E-state index contributed by atoms with van der Waals surface area (Å²) >= 11 is 0. The van der Waals surface area contributed by atoms with Gasteiger partial charge in [0, 0.05) is 5.69 Å². The molecule has 0 spiro atoms. The second kappa shape index (κ2) is 7.59. The zero-order valence-corrected chi connectivity index (χ0v) is 14.8. The van der Waals surface area contributed by atoms with Gasteiger partial charge in [0.2, 0.25) is 15.9 Å². The first-order valence-corrected chi connectivity index (χ1v) is 9.26. The van der Waals surface area contributed by atoms with Crippen LogP contribution in [0.25, 0.3) is 0 Å². The van der Waals surface area contributed by atoms with Gasteiger partial charge in [-0.3, -0.25) is 4.79 Å². The molecule has 2 aromatic rings. The fourth-order valence-electron chi connectivity index (χ4n) is 2.18. The summed E-state index contributed by atoms with van der Waals surface area (Å²) in [7, 11) is -3.73. The maximum atomic E-state index is 12.3. The van der Waals surface area contributed by atoms with E-state index in [1.165, 1.54) is 19.1 Å². The summed E-state index contributed by atoms with van der Waals surface area (Å²) in [5.74, 6) is -0.0636. The van der Waals surface area contributed by atoms with Gasteiger partial charge in [0.05, 0.1) is 10.9 Å². The highest BCUT2D eigenvalue weighted by molar-refractivity contribution is 7.89. The van der Waals surface area contributed by atoms with E-state index >= 15 is 0 Å². The van der Waals surface area contributed by atoms with Crippen molar-refractivity contribution in [2.24, 2.45) is 0 Å². The van der Waals surface area contributed by atoms with Gasteiger partial charge in [0.25, 0.3) is 0 Å². The standard InChI is InChI=1S/C18H22N2O3S/c1-13(2)15-8-7-9-16(12-15)19-18(21)14(3)20-24(22,23)17-10-5-4-6-11-17/h4-14,20H,1-3H3,(H,19,21). The largest absolute Gasteiger partial charge is 0.325 e. The van der Waals surface area contributed by atoms with Gasteiger partial charge in [-0.15, -0.1) is 0 Å². The van der Waals surface area contributed by atoms with Crippen molar-refractivity contribution in [3.05, 3.63) is 60.2 Å². The maximum Gasteiger partial charge on any atom is 0.242 e. The van der Waals surface area contributed by atoms with Crippen LogP contribution in [0, 0.1) is 0 Å². The van der Waals surface area contributed by atoms with Crippen molar-refractivity contribution in [3.63, 3.8) is 0 Å². The highest BCUT2D eigenvalue weighted by Crippen LogP contribution is 2.18. The third kappa shape index (κ3) is 4.66. The van der Waals surface area contributed by atoms with Gasteiger partial charge >= 0.3 is 0 Å². The molecule has 0 aliphatic rings. The number of hydrogen-bond donors (Lipinski definition) is 2. The summed E-state index contributed by atoms with van der Waals surface area (Å²) < 4.78 is 26.9. The molecule has 1 amide bonds. The Hall–Kier alpha value is -2.18. The number of sulfonamides is 1. The predicted molar refractivity (Wildman–Crippen MR) is 95.4 cm³/mol. The smallest absolute Gasteiger partial charge is 0.242 e. The number of carbonyl (C=O) groups is 1. The van der Waals surface area contributed by atoms with Crippen molar-refractivity contribution in [1.29, 1.82) is 0 Å². The fraction of sp³-hybridized carbons (Fsp3) is 0.278. The molecule has 2 N–H and O–H groups in total. The number of carbonyl (C=O) groups excluding carboxylic acids is 1. The lowest BCUT2D eigenvalue weighted by molar-refractivity contribution is -0.117. The predicted octanol–water partition coefficient (Wildman–Crippen LogP) is 3.12. The summed E-state index contributed by atoms with van der Waals surface area (Å²) in [4.78, 5) is 12.4. The monoisotopic (exact) mass is 346 g/mol. The fourth-order valence-corrected chi connectivity index (χ4v) is 3.40. The summed E-state index contributed by atoms with van der Waals surface area (Å²) in [5, 5.41) is 2.75. The third-order valence-corrected chi connectivity index (χ3v) is 5.16. The molecule has 1 unspecified atom stereocenters. The van der Waals surface area contributed by atoms with Crippen molar-refractivity contribution in [1.82, 2.24) is 4.72 Å². The molecule has 24 heavy (non-hydrogen) atoms. The first-order valence-electron chi connectivity index (χ1n) is 7.78. The molecule has 128 valence electrons. The van der Waals surface area contributed by atoms with Gasteiger partial charge in [0.15, 0.2) is 0 Å². The van der Waals surface area contributed by atoms with Crippen LogP contribution in [-0.2, 0) is 14.8 Å². The lowest BCUT2D eigenvalue weighted by Gasteiger charge is -2.15. The highest BCUT2D eigenvalue weighted by Gasteiger charge is 2.21. The molecule has 2 aromatic carbocycles. The second-order valence-corrected chi connectivity index (χ2v) is 7.64. The summed E-state index contributed by atoms with van der Waals surface area (Å²) in [6, 6.07) is 14.6. The number of nitrogens with one attached hydrogen (secondary N) is 2. The molecule has 5 nitrogen and oxygen atoms in total. The number of hydrogen-bond acceptors (Lipinski definition) is 3. The number of benzene rings is 2. The van der Waals surface area contributed by atoms with Crippen LogP contribution in [0.1, 0.15) is 32.3 Å². The zero-order chi connectivity index (χ0) is 17.7. The summed E-state index contributed by atoms with van der Waals surface area (Å²) in [6.45, 7) is 5.65. The minimum Gasteiger partial charge on any atom is -0.325 e. The van der Waals surface area contributed by atoms with Crippen LogP contribution in [0.4, 0.5) is 5.69 Å². The van der Waals surface area contributed by atoms with Gasteiger partial charge in [0.1, 0.15) is 0 Å². The van der Waals surface area contributed by atoms with Crippen molar-refractivity contribution in [2.75, 3.05) is 5.32 Å². The molecule has 0 saturated carbocycles. The van der Waals surface area contributed by atoms with E-state index in [2.05, 4.69) is 23.9 Å². The average Bonchev–Trinajstić information content (AvgIpc) is 2.55. The van der Waals surface area contributed by atoms with Crippen molar-refractivity contribution in [3.8, 4) is 0 Å². The van der Waals surface area contributed by atoms with Gasteiger partial charge in [-0.05, 0) is 42.7 Å². The molecule has 0 aliphatic carbocycles. The van der Waals surface area contributed by atoms with Crippen molar-refractivity contribution < 1.29 is 13.2 Å². The Balaban J connectivity index is 2.06. The summed E-state index contributed by atoms with van der Waals surface area (Å²) in [5.41, 5.74) is 1.75. The van der Waals surface area contributed by atoms with E-state index in [0.29, 0.717) is 11.6 Å². The van der Waals surface area contributed by atoms with Gasteiger partial charge in [-0.1, -0.05) is 44.2 Å². The Morgan fingerprint density at radius 1 is 0.958 bits per heavy atom. The van der Waals surface area contributed by atoms with Gasteiger partial charge in [-0.2, -0.15) is 4.72 Å². The first-order chi connectivity index (χ1) is 11.3. The molecule has 2 rings (SSSR count). The number of amides is 1. The van der Waals surface area contributed by atoms with Crippen LogP contribution >= 0.6 is 0 Å². The van der Waals surface area contributed by atoms with Gasteiger partial charge in [-0.25, -0.2) is 8.42 Å². The van der Waals surface area contributed by atoms with Crippen LogP contribution in [-0.4, -0.2) is 20.4 Å². The summed E-state index contributed by atoms with van der Waals surface area (Å²) in [6.07, 6.45) is 0. The van der Waals surface area contributed by atoms with Crippen LogP contribution in [0.5, 0.6) is 0 Å². The van der Waals surface area contributed by atoms with Gasteiger partial charge < -0.3 is 5.32 Å². The van der Waals surface area contributed by atoms with Crippen molar-refractivity contribution >= 4 is 21.6 Å². The second-order valence-electron chi connectivity index (χ2n) is 5.93. The maximum absolute atomic E-state index is 12.3. The minimum atomic E-state index is -3.73. The zero-order valence-electron chi connectivity index (χ0n) is 14.0. The van der Waals surface area contributed by atoms with E-state index < -0.39 is 22.0 Å². The Bertz CT molecular complexity index is 802. The molecule has 0 saturated heterocycles. The minimum absolute atomic E-state index is 0.131. The van der Waals surface area contributed by atoms with Crippen LogP contribution in [0.2, 0.25) is 0 Å². The Morgan fingerprint density at radius 2 is 1.62 bits per heavy atom. The van der Waals surface area contributed by atoms with Crippen LogP contribution < -0.4 is 10.0 Å². The van der Waals surface area contributed by atoms with Crippen LogP contribution in [0.15, 0.2) is 59.5 Å². The molecule has 0 aliphatic heterocycles. The number of rotatable bonds is 6. The topological polar surface area (TPSA) is 75.3 Å². The highest BCUT2D eigenvalue weighted by atomic mass is 32.2. The third-order valence-electron chi connectivity index (χ3n) is 3.60. The lowest BCUT2D eigenvalue weighted by Crippen LogP contribution is -2.41. The molecule has 0 radical (unpaired) electrons. The van der Waals surface area contributed by atoms with E-state index in [4.69, 9.17) is 0 Å². The molecule has 0 aromatic heterocycles. The molecular weight excluding hydrogens is 324 g/mol. The Labute approximate surface area is 143 Å². The quantitative estimate of drug-likeness (QED) is 0.844. The van der Waals surface area contributed by atoms with E-state index in [1.807, 2.05) is 18.2 Å².